The Hall–Kier alpha value is -2.41. The third-order valence-electron chi connectivity index (χ3n) is 6.25. The molecule has 0 unspecified atom stereocenters. The summed E-state index contributed by atoms with van der Waals surface area (Å²) in [7, 11) is 0. The lowest BCUT2D eigenvalue weighted by Crippen LogP contribution is -2.47. The van der Waals surface area contributed by atoms with Crippen LogP contribution in [0.3, 0.4) is 0 Å². The fraction of sp³-hybridized carbons (Fsp3) is 0.348. The van der Waals surface area contributed by atoms with E-state index in [1.807, 2.05) is 29.2 Å². The molecule has 1 aliphatic rings. The molecule has 0 bridgehead atoms. The number of nitrogens with two attached hydrogens (primary N) is 1. The minimum Gasteiger partial charge on any atom is -0.347 e. The fourth-order valence-corrected chi connectivity index (χ4v) is 4.66. The van der Waals surface area contributed by atoms with Crippen LogP contribution in [-0.2, 0) is 12.0 Å². The van der Waals surface area contributed by atoms with Crippen LogP contribution in [0.1, 0.15) is 47.3 Å². The van der Waals surface area contributed by atoms with Crippen molar-refractivity contribution < 1.29 is 4.79 Å². The zero-order valence-electron chi connectivity index (χ0n) is 17.2. The first-order valence-electron chi connectivity index (χ1n) is 10.3. The second-order valence-electron chi connectivity index (χ2n) is 7.98. The number of imidazole rings is 1. The molecule has 1 amide bonds. The van der Waals surface area contributed by atoms with E-state index in [-0.39, 0.29) is 29.8 Å². The summed E-state index contributed by atoms with van der Waals surface area (Å²) in [6.07, 6.45) is 10.3. The van der Waals surface area contributed by atoms with Crippen LogP contribution in [0.15, 0.2) is 61.3 Å². The van der Waals surface area contributed by atoms with Gasteiger partial charge >= 0.3 is 0 Å². The third kappa shape index (κ3) is 5.09. The van der Waals surface area contributed by atoms with E-state index in [1.165, 1.54) is 5.56 Å². The molecule has 3 aromatic rings. The van der Waals surface area contributed by atoms with Crippen LogP contribution in [-0.4, -0.2) is 38.3 Å². The Bertz CT molecular complexity index is 973. The van der Waals surface area contributed by atoms with Gasteiger partial charge in [0.2, 0.25) is 0 Å². The van der Waals surface area contributed by atoms with Crippen LogP contribution in [0.4, 0.5) is 0 Å². The van der Waals surface area contributed by atoms with Gasteiger partial charge in [0.1, 0.15) is 0 Å². The van der Waals surface area contributed by atoms with E-state index in [9.17, 15) is 4.79 Å². The highest BCUT2D eigenvalue weighted by atomic mass is 35.5. The molecule has 2 heterocycles. The lowest BCUT2D eigenvalue weighted by Gasteiger charge is -2.43. The minimum absolute atomic E-state index is 0. The number of pyridine rings is 1. The Kier molecular flexibility index (Phi) is 7.70. The summed E-state index contributed by atoms with van der Waals surface area (Å²) in [6.45, 7) is 1.06. The maximum Gasteiger partial charge on any atom is 0.256 e. The van der Waals surface area contributed by atoms with Gasteiger partial charge in [0.05, 0.1) is 24.1 Å². The van der Waals surface area contributed by atoms with E-state index in [4.69, 9.17) is 17.3 Å². The van der Waals surface area contributed by atoms with E-state index in [2.05, 4.69) is 21.0 Å². The SMILES string of the molecule is Cl.NC[C@]1(c2cccc(Cl)c2)CC[C@H](N(Cc2cnc[nH]2)C(=O)c2cccnc2)CC1. The number of hydrogen-bond acceptors (Lipinski definition) is 4. The van der Waals surface area contributed by atoms with Crippen LogP contribution in [0.25, 0.3) is 0 Å². The van der Waals surface area contributed by atoms with E-state index >= 15 is 0 Å². The molecule has 31 heavy (non-hydrogen) atoms. The number of halogens is 2. The van der Waals surface area contributed by atoms with Gasteiger partial charge in [-0.25, -0.2) is 4.98 Å². The van der Waals surface area contributed by atoms with Crippen molar-refractivity contribution in [3.8, 4) is 0 Å². The summed E-state index contributed by atoms with van der Waals surface area (Å²) >= 11 is 6.24. The molecule has 0 spiro atoms. The van der Waals surface area contributed by atoms with E-state index < -0.39 is 0 Å². The first kappa shape index (κ1) is 23.3. The average Bonchev–Trinajstić information content (AvgIpc) is 3.31. The highest BCUT2D eigenvalue weighted by Crippen LogP contribution is 2.41. The van der Waals surface area contributed by atoms with Crippen molar-refractivity contribution in [2.24, 2.45) is 5.73 Å². The maximum absolute atomic E-state index is 13.3. The van der Waals surface area contributed by atoms with Crippen molar-refractivity contribution in [2.75, 3.05) is 6.54 Å². The predicted molar refractivity (Wildman–Crippen MR) is 124 cm³/mol. The summed E-state index contributed by atoms with van der Waals surface area (Å²) < 4.78 is 0. The third-order valence-corrected chi connectivity index (χ3v) is 6.48. The topological polar surface area (TPSA) is 87.9 Å². The number of rotatable bonds is 6. The first-order valence-corrected chi connectivity index (χ1v) is 10.6. The van der Waals surface area contributed by atoms with Crippen molar-refractivity contribution in [2.45, 2.75) is 43.7 Å². The molecule has 164 valence electrons. The van der Waals surface area contributed by atoms with Gasteiger partial charge in [-0.1, -0.05) is 23.7 Å². The number of aromatic amines is 1. The molecule has 8 heteroatoms. The summed E-state index contributed by atoms with van der Waals surface area (Å²) in [5.41, 5.74) is 8.86. The van der Waals surface area contributed by atoms with Crippen LogP contribution >= 0.6 is 24.0 Å². The molecular formula is C23H27Cl2N5O. The van der Waals surface area contributed by atoms with Gasteiger partial charge in [0, 0.05) is 41.6 Å². The van der Waals surface area contributed by atoms with Crippen LogP contribution in [0.2, 0.25) is 5.02 Å². The molecule has 1 saturated carbocycles. The van der Waals surface area contributed by atoms with Crippen LogP contribution in [0, 0.1) is 0 Å². The molecule has 1 aromatic carbocycles. The molecule has 0 atom stereocenters. The number of amides is 1. The summed E-state index contributed by atoms with van der Waals surface area (Å²) in [5, 5.41) is 0.732. The van der Waals surface area contributed by atoms with Gasteiger partial charge in [-0.15, -0.1) is 12.4 Å². The molecular weight excluding hydrogens is 433 g/mol. The van der Waals surface area contributed by atoms with Gasteiger partial charge in [0.25, 0.3) is 5.91 Å². The maximum atomic E-state index is 13.3. The van der Waals surface area contributed by atoms with E-state index in [1.54, 1.807) is 31.0 Å². The summed E-state index contributed by atoms with van der Waals surface area (Å²) in [5.74, 6) is -0.00861. The first-order chi connectivity index (χ1) is 14.6. The van der Waals surface area contributed by atoms with Crippen molar-refractivity contribution in [3.05, 3.63) is 83.2 Å². The number of hydrogen-bond donors (Lipinski definition) is 2. The fourth-order valence-electron chi connectivity index (χ4n) is 4.47. The quantitative estimate of drug-likeness (QED) is 0.572. The van der Waals surface area contributed by atoms with Gasteiger partial charge in [-0.2, -0.15) is 0 Å². The number of nitrogens with one attached hydrogen (secondary N) is 1. The highest BCUT2D eigenvalue weighted by Gasteiger charge is 2.39. The Labute approximate surface area is 193 Å². The van der Waals surface area contributed by atoms with Crippen molar-refractivity contribution in [1.29, 1.82) is 0 Å². The standard InChI is InChI=1S/C23H26ClN5O.ClH/c24-19-5-1-4-18(11-19)23(15-25)8-6-21(7-9-23)29(14-20-13-27-16-28-20)22(30)17-3-2-10-26-12-17;/h1-5,10-13,16,21H,6-9,14-15,25H2,(H,27,28);1H/t21-,23-;. The Balaban J connectivity index is 0.00000272. The molecule has 0 radical (unpaired) electrons. The summed E-state index contributed by atoms with van der Waals surface area (Å²) in [6, 6.07) is 11.7. The number of carbonyl (C=O) groups excluding carboxylic acids is 1. The number of H-pyrrole nitrogens is 1. The lowest BCUT2D eigenvalue weighted by molar-refractivity contribution is 0.0569. The van der Waals surface area contributed by atoms with Gasteiger partial charge in [-0.05, 0) is 55.5 Å². The molecule has 1 aliphatic carbocycles. The van der Waals surface area contributed by atoms with Gasteiger partial charge < -0.3 is 15.6 Å². The predicted octanol–water partition coefficient (Wildman–Crippen LogP) is 4.36. The largest absolute Gasteiger partial charge is 0.347 e. The molecule has 6 nitrogen and oxygen atoms in total. The number of carbonyl (C=O) groups is 1. The second-order valence-corrected chi connectivity index (χ2v) is 8.41. The summed E-state index contributed by atoms with van der Waals surface area (Å²) in [4.78, 5) is 26.6. The molecule has 1 fully saturated rings. The van der Waals surface area contributed by atoms with E-state index in [0.29, 0.717) is 18.7 Å². The van der Waals surface area contributed by atoms with Crippen molar-refractivity contribution in [3.63, 3.8) is 0 Å². The monoisotopic (exact) mass is 459 g/mol. The minimum atomic E-state index is -0.0988. The highest BCUT2D eigenvalue weighted by molar-refractivity contribution is 6.30. The molecule has 0 saturated heterocycles. The number of benzene rings is 1. The Morgan fingerprint density at radius 3 is 2.61 bits per heavy atom. The molecule has 3 N–H and O–H groups in total. The smallest absolute Gasteiger partial charge is 0.256 e. The zero-order valence-corrected chi connectivity index (χ0v) is 18.8. The van der Waals surface area contributed by atoms with E-state index in [0.717, 1.165) is 36.4 Å². The van der Waals surface area contributed by atoms with Crippen LogP contribution < -0.4 is 5.73 Å². The Morgan fingerprint density at radius 2 is 2.00 bits per heavy atom. The van der Waals surface area contributed by atoms with Crippen LogP contribution in [0.5, 0.6) is 0 Å². The molecule has 0 aliphatic heterocycles. The number of nitrogens with zero attached hydrogens (tertiary/aromatic N) is 3. The van der Waals surface area contributed by atoms with Crippen molar-refractivity contribution in [1.82, 2.24) is 19.9 Å². The molecule has 2 aromatic heterocycles. The lowest BCUT2D eigenvalue weighted by atomic mass is 9.68. The Morgan fingerprint density at radius 1 is 1.19 bits per heavy atom. The number of aromatic nitrogens is 3. The molecule has 4 rings (SSSR count). The van der Waals surface area contributed by atoms with Gasteiger partial charge in [-0.3, -0.25) is 9.78 Å². The zero-order chi connectivity index (χ0) is 21.0. The van der Waals surface area contributed by atoms with Gasteiger partial charge in [0.15, 0.2) is 0 Å². The average molecular weight is 460 g/mol. The second kappa shape index (κ2) is 10.3. The van der Waals surface area contributed by atoms with Crippen molar-refractivity contribution >= 4 is 29.9 Å². The normalized spacial score (nSPS) is 20.6.